The quantitative estimate of drug-likeness (QED) is 0.775. The second-order valence-corrected chi connectivity index (χ2v) is 5.83. The molecule has 3 rings (SSSR count). The number of nitrogens with zero attached hydrogens (tertiary/aromatic N) is 2. The fraction of sp³-hybridized carbons (Fsp3) is 0.211. The number of rotatable bonds is 5. The van der Waals surface area contributed by atoms with Gasteiger partial charge in [0.25, 0.3) is 0 Å². The van der Waals surface area contributed by atoms with Crippen LogP contribution in [-0.4, -0.2) is 15.5 Å². The van der Waals surface area contributed by atoms with Gasteiger partial charge in [-0.25, -0.2) is 4.79 Å². The van der Waals surface area contributed by atoms with Gasteiger partial charge < -0.3 is 9.73 Å². The van der Waals surface area contributed by atoms with Crippen molar-refractivity contribution in [2.75, 3.05) is 0 Å². The van der Waals surface area contributed by atoms with Crippen molar-refractivity contribution in [2.45, 2.75) is 26.4 Å². The van der Waals surface area contributed by atoms with Crippen LogP contribution in [0.25, 0.3) is 0 Å². The Labute approximate surface area is 145 Å². The van der Waals surface area contributed by atoms with Crippen LogP contribution in [0.3, 0.4) is 0 Å². The number of benzene rings is 1. The predicted octanol–water partition coefficient (Wildman–Crippen LogP) is 2.36. The Morgan fingerprint density at radius 2 is 1.96 bits per heavy atom. The Hall–Kier alpha value is -3.15. The number of hydrogen-bond acceptors (Lipinski definition) is 4. The highest BCUT2D eigenvalue weighted by Gasteiger charge is 2.20. The summed E-state index contributed by atoms with van der Waals surface area (Å²) in [6.07, 6.45) is 1.57. The Bertz CT molecular complexity index is 915. The maximum Gasteiger partial charge on any atom is 0.348 e. The van der Waals surface area contributed by atoms with Gasteiger partial charge in [0.1, 0.15) is 18.3 Å². The summed E-state index contributed by atoms with van der Waals surface area (Å²) in [7, 11) is 0. The summed E-state index contributed by atoms with van der Waals surface area (Å²) >= 11 is 0. The average molecular weight is 337 g/mol. The lowest BCUT2D eigenvalue weighted by molar-refractivity contribution is -0.122. The summed E-state index contributed by atoms with van der Waals surface area (Å²) in [5.74, 6) is 0.340. The fourth-order valence-corrected chi connectivity index (χ4v) is 2.74. The van der Waals surface area contributed by atoms with Crippen LogP contribution in [0, 0.1) is 13.8 Å². The van der Waals surface area contributed by atoms with Crippen LogP contribution >= 0.6 is 0 Å². The minimum atomic E-state index is -0.429. The molecule has 0 bridgehead atoms. The van der Waals surface area contributed by atoms with Crippen molar-refractivity contribution in [3.63, 3.8) is 0 Å². The number of amides is 1. The highest BCUT2D eigenvalue weighted by atomic mass is 16.3. The third-order valence-electron chi connectivity index (χ3n) is 3.91. The van der Waals surface area contributed by atoms with Gasteiger partial charge in [-0.15, -0.1) is 0 Å². The van der Waals surface area contributed by atoms with Crippen LogP contribution in [-0.2, 0) is 11.3 Å². The first-order valence-electron chi connectivity index (χ1n) is 7.97. The van der Waals surface area contributed by atoms with E-state index >= 15 is 0 Å². The lowest BCUT2D eigenvalue weighted by atomic mass is 10.0. The maximum atomic E-state index is 12.5. The molecule has 1 aromatic carbocycles. The number of nitrogens with one attached hydrogen (secondary N) is 1. The van der Waals surface area contributed by atoms with Crippen LogP contribution in [0.2, 0.25) is 0 Å². The summed E-state index contributed by atoms with van der Waals surface area (Å²) in [6.45, 7) is 3.44. The lowest BCUT2D eigenvalue weighted by Gasteiger charge is -2.18. The van der Waals surface area contributed by atoms with E-state index in [9.17, 15) is 9.59 Å². The Morgan fingerprint density at radius 1 is 1.20 bits per heavy atom. The van der Waals surface area contributed by atoms with Crippen LogP contribution in [0.4, 0.5) is 0 Å². The van der Waals surface area contributed by atoms with Crippen molar-refractivity contribution in [3.05, 3.63) is 88.0 Å². The second-order valence-electron chi connectivity index (χ2n) is 5.83. The molecule has 0 fully saturated rings. The van der Waals surface area contributed by atoms with Crippen molar-refractivity contribution in [1.82, 2.24) is 14.9 Å². The van der Waals surface area contributed by atoms with Crippen molar-refractivity contribution in [3.8, 4) is 0 Å². The zero-order chi connectivity index (χ0) is 17.8. The van der Waals surface area contributed by atoms with Gasteiger partial charge in [-0.3, -0.25) is 9.36 Å². The molecule has 3 aromatic rings. The molecule has 1 N–H and O–H groups in total. The molecule has 1 atom stereocenters. The molecule has 6 heteroatoms. The molecule has 2 heterocycles. The first-order valence-corrected chi connectivity index (χ1v) is 7.97. The van der Waals surface area contributed by atoms with E-state index in [0.29, 0.717) is 17.1 Å². The van der Waals surface area contributed by atoms with Crippen molar-refractivity contribution < 1.29 is 9.21 Å². The first-order chi connectivity index (χ1) is 12.0. The highest BCUT2D eigenvalue weighted by Crippen LogP contribution is 2.22. The molecule has 1 unspecified atom stereocenters. The normalized spacial score (nSPS) is 11.9. The van der Waals surface area contributed by atoms with Crippen LogP contribution < -0.4 is 11.0 Å². The SMILES string of the molecule is Cc1cc(C)n(CC(=O)NC(c2ccccc2)c2ccco2)c(=O)n1. The minimum absolute atomic E-state index is 0.0952. The Morgan fingerprint density at radius 3 is 2.60 bits per heavy atom. The summed E-state index contributed by atoms with van der Waals surface area (Å²) < 4.78 is 6.82. The lowest BCUT2D eigenvalue weighted by Crippen LogP contribution is -2.36. The van der Waals surface area contributed by atoms with E-state index in [2.05, 4.69) is 10.3 Å². The van der Waals surface area contributed by atoms with E-state index in [4.69, 9.17) is 4.42 Å². The number of furan rings is 1. The van der Waals surface area contributed by atoms with Gasteiger partial charge in [0, 0.05) is 11.4 Å². The molecule has 2 aromatic heterocycles. The molecule has 0 spiro atoms. The molecule has 0 saturated carbocycles. The van der Waals surface area contributed by atoms with Gasteiger partial charge in [-0.1, -0.05) is 30.3 Å². The maximum absolute atomic E-state index is 12.5. The molecule has 25 heavy (non-hydrogen) atoms. The molecule has 0 saturated heterocycles. The number of carbonyl (C=O) groups excluding carboxylic acids is 1. The van der Waals surface area contributed by atoms with Gasteiger partial charge in [-0.05, 0) is 37.6 Å². The predicted molar refractivity (Wildman–Crippen MR) is 93.1 cm³/mol. The van der Waals surface area contributed by atoms with Crippen LogP contribution in [0.15, 0.2) is 64.0 Å². The number of aromatic nitrogens is 2. The Kier molecular flexibility index (Phi) is 4.79. The van der Waals surface area contributed by atoms with Crippen molar-refractivity contribution in [1.29, 1.82) is 0 Å². The molecule has 0 aliphatic carbocycles. The Balaban J connectivity index is 1.84. The van der Waals surface area contributed by atoms with Gasteiger partial charge in [0.15, 0.2) is 0 Å². The van der Waals surface area contributed by atoms with Gasteiger partial charge >= 0.3 is 5.69 Å². The highest BCUT2D eigenvalue weighted by molar-refractivity contribution is 5.76. The van der Waals surface area contributed by atoms with E-state index in [1.165, 1.54) is 4.57 Å². The summed E-state index contributed by atoms with van der Waals surface area (Å²) in [5.41, 5.74) is 1.80. The second kappa shape index (κ2) is 7.17. The van der Waals surface area contributed by atoms with Crippen LogP contribution in [0.5, 0.6) is 0 Å². The third kappa shape index (κ3) is 3.85. The molecule has 128 valence electrons. The van der Waals surface area contributed by atoms with Crippen molar-refractivity contribution >= 4 is 5.91 Å². The molecule has 0 aliphatic rings. The topological polar surface area (TPSA) is 77.1 Å². The molecule has 6 nitrogen and oxygen atoms in total. The van der Waals surface area contributed by atoms with Gasteiger partial charge in [-0.2, -0.15) is 4.98 Å². The molecular formula is C19H19N3O3. The minimum Gasteiger partial charge on any atom is -0.467 e. The van der Waals surface area contributed by atoms with Gasteiger partial charge in [0.05, 0.1) is 6.26 Å². The van der Waals surface area contributed by atoms with E-state index in [-0.39, 0.29) is 12.5 Å². The summed E-state index contributed by atoms with van der Waals surface area (Å²) in [4.78, 5) is 28.5. The molecule has 0 radical (unpaired) electrons. The van der Waals surface area contributed by atoms with Crippen LogP contribution in [0.1, 0.15) is 28.8 Å². The summed E-state index contributed by atoms with van der Waals surface area (Å²) in [5, 5.41) is 2.93. The van der Waals surface area contributed by atoms with E-state index < -0.39 is 11.7 Å². The van der Waals surface area contributed by atoms with E-state index in [1.54, 1.807) is 32.2 Å². The monoisotopic (exact) mass is 337 g/mol. The third-order valence-corrected chi connectivity index (χ3v) is 3.91. The van der Waals surface area contributed by atoms with E-state index in [0.717, 1.165) is 5.56 Å². The smallest absolute Gasteiger partial charge is 0.348 e. The summed E-state index contributed by atoms with van der Waals surface area (Å²) in [6, 6.07) is 14.5. The zero-order valence-corrected chi connectivity index (χ0v) is 14.1. The molecule has 1 amide bonds. The number of hydrogen-bond donors (Lipinski definition) is 1. The van der Waals surface area contributed by atoms with Gasteiger partial charge in [0.2, 0.25) is 5.91 Å². The average Bonchev–Trinajstić information content (AvgIpc) is 3.11. The number of carbonyl (C=O) groups is 1. The largest absolute Gasteiger partial charge is 0.467 e. The van der Waals surface area contributed by atoms with Crippen molar-refractivity contribution in [2.24, 2.45) is 0 Å². The first kappa shape index (κ1) is 16.7. The standard InChI is InChI=1S/C19H19N3O3/c1-13-11-14(2)22(19(24)20-13)12-17(23)21-18(16-9-6-10-25-16)15-7-4-3-5-8-15/h3-11,18H,12H2,1-2H3,(H,21,23). The molecule has 0 aliphatic heterocycles. The molecular weight excluding hydrogens is 318 g/mol. The fourth-order valence-electron chi connectivity index (χ4n) is 2.74. The number of aryl methyl sites for hydroxylation is 2. The van der Waals surface area contributed by atoms with E-state index in [1.807, 2.05) is 36.4 Å². The zero-order valence-electron chi connectivity index (χ0n) is 14.1.